The van der Waals surface area contributed by atoms with E-state index in [4.69, 9.17) is 0 Å². The summed E-state index contributed by atoms with van der Waals surface area (Å²) in [4.78, 5) is 0. The first-order valence-electron chi connectivity index (χ1n) is 15.8. The van der Waals surface area contributed by atoms with Gasteiger partial charge in [0.2, 0.25) is 0 Å². The molecule has 0 aliphatic carbocycles. The molecule has 0 heteroatoms. The Balaban J connectivity index is 1.15. The summed E-state index contributed by atoms with van der Waals surface area (Å²) < 4.78 is 0. The van der Waals surface area contributed by atoms with Crippen molar-refractivity contribution in [2.24, 2.45) is 0 Å². The van der Waals surface area contributed by atoms with E-state index >= 15 is 0 Å². The molecule has 0 aromatic heterocycles. The van der Waals surface area contributed by atoms with Crippen LogP contribution in [0.25, 0.3) is 99.0 Å². The second-order valence-electron chi connectivity index (χ2n) is 12.2. The lowest BCUT2D eigenvalue weighted by Gasteiger charge is -2.13. The van der Waals surface area contributed by atoms with Crippen LogP contribution in [0.3, 0.4) is 0 Å². The van der Waals surface area contributed by atoms with Crippen LogP contribution in [0.2, 0.25) is 0 Å². The third-order valence-electron chi connectivity index (χ3n) is 9.77. The molecule has 0 radical (unpaired) electrons. The van der Waals surface area contributed by atoms with Gasteiger partial charge in [-0.05, 0) is 122 Å². The molecule has 9 rings (SSSR count). The van der Waals surface area contributed by atoms with Gasteiger partial charge in [0, 0.05) is 0 Å². The van der Waals surface area contributed by atoms with Gasteiger partial charge in [0.15, 0.2) is 0 Å². The van der Waals surface area contributed by atoms with Crippen molar-refractivity contribution in [1.29, 1.82) is 0 Å². The molecular weight excluding hydrogens is 553 g/mol. The minimum atomic E-state index is 1.10. The predicted molar refractivity (Wildman–Crippen MR) is 203 cm³/mol. The molecule has 0 fully saturated rings. The lowest BCUT2D eigenvalue weighted by Crippen LogP contribution is -1.86. The van der Waals surface area contributed by atoms with E-state index in [0.29, 0.717) is 0 Å². The van der Waals surface area contributed by atoms with Crippen molar-refractivity contribution in [3.63, 3.8) is 0 Å². The highest BCUT2D eigenvalue weighted by Crippen LogP contribution is 2.39. The molecule has 0 aliphatic rings. The van der Waals surface area contributed by atoms with E-state index in [1.807, 2.05) is 12.2 Å². The van der Waals surface area contributed by atoms with Gasteiger partial charge >= 0.3 is 0 Å². The Morgan fingerprint density at radius 2 is 0.652 bits per heavy atom. The lowest BCUT2D eigenvalue weighted by atomic mass is 9.91. The third kappa shape index (κ3) is 4.08. The van der Waals surface area contributed by atoms with Crippen LogP contribution in [0.4, 0.5) is 0 Å². The van der Waals surface area contributed by atoms with Gasteiger partial charge in [-0.15, -0.1) is 0 Å². The summed E-state index contributed by atoms with van der Waals surface area (Å²) >= 11 is 0. The largest absolute Gasteiger partial charge is 0.0984 e. The van der Waals surface area contributed by atoms with E-state index in [2.05, 4.69) is 159 Å². The van der Waals surface area contributed by atoms with E-state index in [0.717, 1.165) is 11.1 Å². The van der Waals surface area contributed by atoms with Gasteiger partial charge in [-0.2, -0.15) is 0 Å². The highest BCUT2D eigenvalue weighted by molar-refractivity contribution is 6.25. The van der Waals surface area contributed by atoms with Crippen LogP contribution in [0, 0.1) is 0 Å². The van der Waals surface area contributed by atoms with Gasteiger partial charge in [0.05, 0.1) is 0 Å². The number of hydrogen-bond acceptors (Lipinski definition) is 0. The van der Waals surface area contributed by atoms with E-state index < -0.39 is 0 Å². The molecule has 0 nitrogen and oxygen atoms in total. The van der Waals surface area contributed by atoms with Crippen LogP contribution >= 0.6 is 0 Å². The summed E-state index contributed by atoms with van der Waals surface area (Å²) in [5, 5.41) is 15.3. The molecule has 0 saturated carbocycles. The smallest absolute Gasteiger partial charge is 0.00987 e. The van der Waals surface area contributed by atoms with Gasteiger partial charge in [-0.1, -0.05) is 147 Å². The Bertz CT molecular complexity index is 2720. The maximum Gasteiger partial charge on any atom is -0.00987 e. The lowest BCUT2D eigenvalue weighted by molar-refractivity contribution is 1.59. The summed E-state index contributed by atoms with van der Waals surface area (Å²) in [6, 6.07) is 53.9. The van der Waals surface area contributed by atoms with E-state index in [1.54, 1.807) is 0 Å². The van der Waals surface area contributed by atoms with Crippen LogP contribution < -0.4 is 0 Å². The number of fused-ring (bicyclic) bond motifs is 10. The molecule has 46 heavy (non-hydrogen) atoms. The van der Waals surface area contributed by atoms with Crippen molar-refractivity contribution in [3.05, 3.63) is 170 Å². The Morgan fingerprint density at radius 3 is 1.20 bits per heavy atom. The Labute approximate surface area is 268 Å². The topological polar surface area (TPSA) is 0 Å². The zero-order chi connectivity index (χ0) is 30.8. The van der Waals surface area contributed by atoms with Gasteiger partial charge in [0.1, 0.15) is 0 Å². The predicted octanol–water partition coefficient (Wildman–Crippen LogP) is 13.2. The van der Waals surface area contributed by atoms with Crippen molar-refractivity contribution < 1.29 is 0 Å². The molecule has 0 aliphatic heterocycles. The summed E-state index contributed by atoms with van der Waals surface area (Å²) in [5.41, 5.74) is 7.08. The molecule has 9 aromatic carbocycles. The molecule has 0 bridgehead atoms. The zero-order valence-electron chi connectivity index (χ0n) is 25.4. The molecule has 9 aromatic rings. The summed E-state index contributed by atoms with van der Waals surface area (Å²) in [6.07, 6.45) is 3.78. The average molecular weight is 583 g/mol. The number of rotatable bonds is 4. The molecule has 0 atom stereocenters. The molecule has 0 N–H and O–H groups in total. The minimum Gasteiger partial charge on any atom is -0.0984 e. The van der Waals surface area contributed by atoms with E-state index in [9.17, 15) is 0 Å². The van der Waals surface area contributed by atoms with Crippen molar-refractivity contribution >= 4 is 76.8 Å². The second-order valence-corrected chi connectivity index (χ2v) is 12.2. The minimum absolute atomic E-state index is 1.10. The molecule has 0 heterocycles. The highest BCUT2D eigenvalue weighted by Gasteiger charge is 2.11. The molecule has 0 unspecified atom stereocenters. The first-order valence-corrected chi connectivity index (χ1v) is 15.8. The first kappa shape index (κ1) is 26.4. The fourth-order valence-electron chi connectivity index (χ4n) is 7.36. The normalized spacial score (nSPS) is 11.7. The first-order chi connectivity index (χ1) is 22.7. The molecule has 0 spiro atoms. The Kier molecular flexibility index (Phi) is 5.91. The zero-order valence-corrected chi connectivity index (χ0v) is 25.4. The number of benzene rings is 9. The van der Waals surface area contributed by atoms with Crippen LogP contribution in [0.5, 0.6) is 0 Å². The maximum absolute atomic E-state index is 3.99. The van der Waals surface area contributed by atoms with Gasteiger partial charge < -0.3 is 0 Å². The van der Waals surface area contributed by atoms with Crippen molar-refractivity contribution in [2.75, 3.05) is 0 Å². The number of hydrogen-bond donors (Lipinski definition) is 0. The second kappa shape index (κ2) is 10.3. The SMILES string of the molecule is C=Cc1ccc(-c2ccc3c(ccc4c3ccc3c5ccc6cc(-c7ccc8ccccc8c7)ccc6c5ccc43)c2)cc1C=C. The summed E-state index contributed by atoms with van der Waals surface area (Å²) in [7, 11) is 0. The molecule has 214 valence electrons. The van der Waals surface area contributed by atoms with Gasteiger partial charge in [0.25, 0.3) is 0 Å². The highest BCUT2D eigenvalue weighted by atomic mass is 14.1. The van der Waals surface area contributed by atoms with Crippen LogP contribution in [0.1, 0.15) is 11.1 Å². The van der Waals surface area contributed by atoms with E-state index in [1.165, 1.54) is 86.9 Å². The summed E-state index contributed by atoms with van der Waals surface area (Å²) in [5.74, 6) is 0. The fraction of sp³-hybridized carbons (Fsp3) is 0. The van der Waals surface area contributed by atoms with Crippen molar-refractivity contribution in [2.45, 2.75) is 0 Å². The average Bonchev–Trinajstić information content (AvgIpc) is 3.13. The third-order valence-corrected chi connectivity index (χ3v) is 9.77. The van der Waals surface area contributed by atoms with Gasteiger partial charge in [-0.3, -0.25) is 0 Å². The standard InChI is InChI=1S/C46H30/c1-3-29-9-11-33(25-30(29)4-2)35-13-17-39-37(27-35)15-19-43-41(39)21-23-46-44-20-16-38-28-36(14-18-40(38)42(44)22-24-45(43)46)34-12-10-31-7-5-6-8-32(31)26-34/h3-28H,1-2H2. The van der Waals surface area contributed by atoms with Crippen molar-refractivity contribution in [3.8, 4) is 22.3 Å². The molecular formula is C46H30. The Hall–Kier alpha value is -5.98. The summed E-state index contributed by atoms with van der Waals surface area (Å²) in [6.45, 7) is 7.93. The maximum atomic E-state index is 3.99. The van der Waals surface area contributed by atoms with Crippen LogP contribution in [0.15, 0.2) is 159 Å². The van der Waals surface area contributed by atoms with Gasteiger partial charge in [-0.25, -0.2) is 0 Å². The van der Waals surface area contributed by atoms with E-state index in [-0.39, 0.29) is 0 Å². The van der Waals surface area contributed by atoms with Crippen LogP contribution in [-0.4, -0.2) is 0 Å². The molecule has 0 amide bonds. The molecule has 0 saturated heterocycles. The fourth-order valence-corrected chi connectivity index (χ4v) is 7.36. The monoisotopic (exact) mass is 582 g/mol. The Morgan fingerprint density at radius 1 is 0.283 bits per heavy atom. The van der Waals surface area contributed by atoms with Crippen LogP contribution in [-0.2, 0) is 0 Å². The quantitative estimate of drug-likeness (QED) is 0.181. The van der Waals surface area contributed by atoms with Crippen molar-refractivity contribution in [1.82, 2.24) is 0 Å².